The van der Waals surface area contributed by atoms with Gasteiger partial charge in [0.25, 0.3) is 0 Å². The van der Waals surface area contributed by atoms with Crippen LogP contribution in [0.15, 0.2) is 97.1 Å². The summed E-state index contributed by atoms with van der Waals surface area (Å²) in [5.74, 6) is -0.585. The minimum atomic E-state index is -0.302. The van der Waals surface area contributed by atoms with Crippen LogP contribution in [0.3, 0.4) is 0 Å². The first-order valence-corrected chi connectivity index (χ1v) is 42.2. The molecule has 20 heteroatoms. The van der Waals surface area contributed by atoms with Crippen LogP contribution in [-0.2, 0) is 0 Å². The highest BCUT2D eigenvalue weighted by molar-refractivity contribution is 7.31. The predicted molar refractivity (Wildman–Crippen MR) is 429 cm³/mol. The Hall–Kier alpha value is -6.18. The molecule has 0 saturated heterocycles. The molecule has 0 aliphatic heterocycles. The van der Waals surface area contributed by atoms with E-state index in [0.717, 1.165) is 85.4 Å². The summed E-state index contributed by atoms with van der Waals surface area (Å²) in [6, 6.07) is 35.2. The molecule has 474 valence electrons. The van der Waals surface area contributed by atoms with E-state index in [4.69, 9.17) is 13.1 Å². The van der Waals surface area contributed by atoms with Crippen molar-refractivity contribution in [2.24, 2.45) is 0 Å². The molecule has 0 N–H and O–H groups in total. The van der Waals surface area contributed by atoms with Gasteiger partial charge in [0.2, 0.25) is 0 Å². The number of fused-ring (bicyclic) bond motifs is 6. The summed E-state index contributed by atoms with van der Waals surface area (Å²) in [7, 11) is 0. The van der Waals surface area contributed by atoms with Gasteiger partial charge < -0.3 is 0 Å². The van der Waals surface area contributed by atoms with Gasteiger partial charge in [-0.05, 0) is 214 Å². The fourth-order valence-corrected chi connectivity index (χ4v) is 28.7. The molecule has 96 heavy (non-hydrogen) atoms. The second kappa shape index (κ2) is 23.2. The van der Waals surface area contributed by atoms with Crippen molar-refractivity contribution < 1.29 is 8.78 Å². The van der Waals surface area contributed by atoms with Crippen molar-refractivity contribution in [2.75, 3.05) is 0 Å². The molecule has 4 aromatic carbocycles. The van der Waals surface area contributed by atoms with E-state index in [-0.39, 0.29) is 11.6 Å². The van der Waals surface area contributed by atoms with Crippen molar-refractivity contribution in [3.05, 3.63) is 171 Å². The van der Waals surface area contributed by atoms with E-state index in [0.29, 0.717) is 27.7 Å². The van der Waals surface area contributed by atoms with Crippen molar-refractivity contribution in [2.45, 2.75) is 83.1 Å². The van der Waals surface area contributed by atoms with Gasteiger partial charge >= 0.3 is 0 Å². The number of hydrogen-bond acceptors (Lipinski definition) is 18. The molecular weight excluding hydrogens is 1460 g/mol. The summed E-state index contributed by atoms with van der Waals surface area (Å²) < 4.78 is 58.5. The smallest absolute Gasteiger partial charge is 0.134 e. The predicted octanol–water partition coefficient (Wildman–Crippen LogP) is 29.4. The quantitative estimate of drug-likeness (QED) is 0.129. The number of rotatable bonds is 11. The van der Waals surface area contributed by atoms with E-state index in [1.165, 1.54) is 148 Å². The minimum absolute atomic E-state index is 0.283. The number of hydrogen-bond donors (Lipinski definition) is 0. The van der Waals surface area contributed by atoms with Gasteiger partial charge in [0.1, 0.15) is 33.7 Å². The highest BCUT2D eigenvalue weighted by Crippen LogP contribution is 2.59. The van der Waals surface area contributed by atoms with E-state index in [9.17, 15) is 0 Å². The van der Waals surface area contributed by atoms with Gasteiger partial charge in [0.15, 0.2) is 0 Å². The average Bonchev–Trinajstić information content (AvgIpc) is 1.55. The van der Waals surface area contributed by atoms with Crippen LogP contribution in [0.25, 0.3) is 175 Å². The molecular formula is C76H52F2N4S14. The Morgan fingerprint density at radius 2 is 0.604 bits per heavy atom. The van der Waals surface area contributed by atoms with E-state index >= 15 is 8.78 Å². The lowest BCUT2D eigenvalue weighted by atomic mass is 9.98. The third-order valence-electron chi connectivity index (χ3n) is 18.6. The molecule has 0 radical (unpaired) electrons. The van der Waals surface area contributed by atoms with Crippen molar-refractivity contribution in [3.8, 4) is 113 Å². The van der Waals surface area contributed by atoms with Crippen molar-refractivity contribution in [1.29, 1.82) is 0 Å². The van der Waals surface area contributed by atoms with Crippen LogP contribution < -0.4 is 0 Å². The van der Waals surface area contributed by atoms with Crippen molar-refractivity contribution in [3.63, 3.8) is 0 Å². The number of benzene rings is 4. The molecule has 14 heterocycles. The molecule has 0 atom stereocenters. The average molecular weight is 1510 g/mol. The summed E-state index contributed by atoms with van der Waals surface area (Å²) >= 11 is 23.9. The van der Waals surface area contributed by atoms with Gasteiger partial charge in [-0.15, -0.1) is 136 Å². The molecule has 4 nitrogen and oxygen atoms in total. The van der Waals surface area contributed by atoms with Gasteiger partial charge in [-0.25, -0.2) is 8.78 Å². The molecule has 0 unspecified atom stereocenters. The second-order valence-corrected chi connectivity index (χ2v) is 39.8. The first-order valence-electron chi connectivity index (χ1n) is 30.9. The van der Waals surface area contributed by atoms with Crippen LogP contribution >= 0.6 is 159 Å². The largest absolute Gasteiger partial charge is 0.206 e. The Balaban J connectivity index is 0.744. The molecule has 0 aliphatic carbocycles. The summed E-state index contributed by atoms with van der Waals surface area (Å²) in [6.45, 7) is 26.4. The van der Waals surface area contributed by atoms with Gasteiger partial charge in [-0.3, -0.25) is 0 Å². The van der Waals surface area contributed by atoms with Gasteiger partial charge in [0.05, 0.1) is 34.6 Å². The van der Waals surface area contributed by atoms with Crippen LogP contribution in [0.4, 0.5) is 8.78 Å². The fraction of sp³-hybridized carbons (Fsp3) is 0.158. The fourth-order valence-electron chi connectivity index (χ4n) is 13.3. The van der Waals surface area contributed by atoms with Crippen LogP contribution in [0.5, 0.6) is 0 Å². The zero-order chi connectivity index (χ0) is 65.8. The van der Waals surface area contributed by atoms with Crippen LogP contribution in [0.2, 0.25) is 0 Å². The summed E-state index contributed by atoms with van der Waals surface area (Å²) in [5.41, 5.74) is 17.8. The summed E-state index contributed by atoms with van der Waals surface area (Å²) in [6.07, 6.45) is 0. The summed E-state index contributed by atoms with van der Waals surface area (Å²) in [5, 5.41) is 5.05. The highest BCUT2D eigenvalue weighted by Gasteiger charge is 2.31. The van der Waals surface area contributed by atoms with Crippen molar-refractivity contribution in [1.82, 2.24) is 17.5 Å². The number of thiophene rings is 12. The van der Waals surface area contributed by atoms with Crippen LogP contribution in [0, 0.1) is 94.7 Å². The van der Waals surface area contributed by atoms with Crippen LogP contribution in [0.1, 0.15) is 62.6 Å². The molecule has 14 aromatic heterocycles. The zero-order valence-electron chi connectivity index (χ0n) is 53.5. The maximum absolute atomic E-state index is 17.6. The Morgan fingerprint density at radius 3 is 1.01 bits per heavy atom. The molecule has 0 aliphatic rings. The second-order valence-electron chi connectivity index (χ2n) is 24.9. The Kier molecular flexibility index (Phi) is 15.0. The van der Waals surface area contributed by atoms with E-state index in [1.807, 2.05) is 110 Å². The monoisotopic (exact) mass is 1510 g/mol. The molecule has 0 saturated carbocycles. The number of nitrogens with zero attached hydrogens (tertiary/aromatic N) is 4. The molecule has 18 rings (SSSR count). The Bertz CT molecular complexity index is 6020. The van der Waals surface area contributed by atoms with Gasteiger partial charge in [-0.1, -0.05) is 0 Å². The summed E-state index contributed by atoms with van der Waals surface area (Å²) in [4.78, 5) is 23.4. The molecule has 0 bridgehead atoms. The van der Waals surface area contributed by atoms with E-state index in [1.54, 1.807) is 57.5 Å². The molecule has 18 aromatic rings. The molecule has 0 fully saturated rings. The third-order valence-corrected chi connectivity index (χ3v) is 34.0. The Labute approximate surface area is 608 Å². The zero-order valence-corrected chi connectivity index (χ0v) is 64.9. The third kappa shape index (κ3) is 9.81. The SMILES string of the molecule is Cc1ccc(-c2c(F)cc(-c3cc(C)c(-c4cc5c(-c6cc(C)c(C)s6)c6sc(-c7sc(-c8cc(F)c(-c9ccc(-c%10cc%11c(-c%12cc(C)c(C)s%12)c%12sc(C)cc%12c(-c%12cc(C)c(C)s%12)c%11s%10)s9)c9nsnc89)cc7C)cc6c(-c6cc(C)c(C)s6)c5s4)s3)c3nsnc23)s1. The number of halogens is 2. The number of aryl methyl sites for hydroxylation is 12. The van der Waals surface area contributed by atoms with Crippen LogP contribution in [-0.4, -0.2) is 17.5 Å². The first-order chi connectivity index (χ1) is 46.3. The maximum Gasteiger partial charge on any atom is 0.134 e. The number of aromatic nitrogens is 4. The Morgan fingerprint density at radius 1 is 0.250 bits per heavy atom. The highest BCUT2D eigenvalue weighted by atomic mass is 32.2. The van der Waals surface area contributed by atoms with Gasteiger partial charge in [-0.2, -0.15) is 17.5 Å². The lowest BCUT2D eigenvalue weighted by Gasteiger charge is -2.09. The van der Waals surface area contributed by atoms with E-state index < -0.39 is 0 Å². The standard InChI is InChI=1S/C76H52F2N4S14/c1-29-17-55(85-37(29)9)61-43-23-36(8)84-73(43)62(56-18-30(2)38(10)86-56)44-26-54(92-74(44)61)49-15-16-51(89-49)66-48(78)25-42(68-70(66)82-96-80-68)53-22-34(6)72(91-53)60-28-46-64(58-20-32(4)40(12)88-58)75-45(63(76(46)94-60)57-19-31(3)39(11)87-57)27-59(93-75)71-33(5)21-52(90-71)41-24-47(77)65(50-14-13-35(7)83-50)69-67(41)79-95-81-69/h13-28H,1-12H3. The molecule has 0 amide bonds. The topological polar surface area (TPSA) is 51.6 Å². The van der Waals surface area contributed by atoms with Gasteiger partial charge in [0, 0.05) is 171 Å². The first kappa shape index (κ1) is 62.1. The van der Waals surface area contributed by atoms with Crippen molar-refractivity contribution >= 4 is 222 Å². The lowest BCUT2D eigenvalue weighted by Crippen LogP contribution is -1.88. The minimum Gasteiger partial charge on any atom is -0.206 e. The maximum atomic E-state index is 17.6. The normalized spacial score (nSPS) is 12.3. The lowest BCUT2D eigenvalue weighted by molar-refractivity contribution is 0.633. The molecule has 0 spiro atoms. The van der Waals surface area contributed by atoms with E-state index in [2.05, 4.69) is 153 Å².